The van der Waals surface area contributed by atoms with Gasteiger partial charge in [0.05, 0.1) is 5.69 Å². The van der Waals surface area contributed by atoms with Crippen LogP contribution < -0.4 is 11.3 Å². The van der Waals surface area contributed by atoms with Gasteiger partial charge in [-0.25, -0.2) is 4.98 Å². The van der Waals surface area contributed by atoms with Gasteiger partial charge in [-0.1, -0.05) is 13.0 Å². The highest BCUT2D eigenvalue weighted by Crippen LogP contribution is 2.05. The van der Waals surface area contributed by atoms with Crippen molar-refractivity contribution in [2.45, 2.75) is 13.3 Å². The van der Waals surface area contributed by atoms with Crippen molar-refractivity contribution in [1.29, 1.82) is 0 Å². The number of aromatic nitrogens is 2. The van der Waals surface area contributed by atoms with E-state index in [0.29, 0.717) is 5.82 Å². The van der Waals surface area contributed by atoms with E-state index < -0.39 is 0 Å². The second-order valence-corrected chi connectivity index (χ2v) is 3.60. The molecule has 2 N–H and O–H groups in total. The molecule has 0 aliphatic carbocycles. The van der Waals surface area contributed by atoms with Gasteiger partial charge in [0.25, 0.3) is 5.56 Å². The summed E-state index contributed by atoms with van der Waals surface area (Å²) in [5, 5.41) is 0. The molecule has 0 saturated carbocycles. The van der Waals surface area contributed by atoms with Crippen LogP contribution in [0.2, 0.25) is 0 Å². The maximum absolute atomic E-state index is 11.7. The van der Waals surface area contributed by atoms with E-state index in [9.17, 15) is 4.79 Å². The van der Waals surface area contributed by atoms with Crippen molar-refractivity contribution in [3.05, 3.63) is 52.6 Å². The molecule has 19 heavy (non-hydrogen) atoms. The Morgan fingerprint density at radius 3 is 2.53 bits per heavy atom. The molecule has 0 aliphatic heterocycles. The fourth-order valence-electron chi connectivity index (χ4n) is 1.46. The summed E-state index contributed by atoms with van der Waals surface area (Å²) in [6.45, 7) is 2.06. The highest BCUT2D eigenvalue weighted by molar-refractivity contribution is 5.37. The second kappa shape index (κ2) is 6.88. The molecule has 0 unspecified atom stereocenters. The number of nitrogen functional groups attached to an aromatic ring is 1. The summed E-state index contributed by atoms with van der Waals surface area (Å²) >= 11 is 0. The highest BCUT2D eigenvalue weighted by Gasteiger charge is 2.02. The number of nitrogens with zero attached hydrogens (tertiary/aromatic N) is 2. The summed E-state index contributed by atoms with van der Waals surface area (Å²) in [6, 6.07) is 7.09. The molecule has 0 radical (unpaired) electrons. The van der Waals surface area contributed by atoms with Crippen LogP contribution in [0.3, 0.4) is 0 Å². The lowest BCUT2D eigenvalue weighted by Crippen LogP contribution is -2.21. The van der Waals surface area contributed by atoms with E-state index in [-0.39, 0.29) is 17.4 Å². The zero-order valence-electron chi connectivity index (χ0n) is 10.4. The van der Waals surface area contributed by atoms with Crippen LogP contribution in [0, 0.1) is 0 Å². The molecule has 2 aromatic heterocycles. The summed E-state index contributed by atoms with van der Waals surface area (Å²) in [5.41, 5.74) is 6.68. The van der Waals surface area contributed by atoms with Gasteiger partial charge in [0.15, 0.2) is 0 Å². The van der Waals surface area contributed by atoms with Crippen LogP contribution in [-0.4, -0.2) is 15.7 Å². The first-order valence-corrected chi connectivity index (χ1v) is 5.55. The zero-order chi connectivity index (χ0) is 14.3. The third kappa shape index (κ3) is 3.62. The molecule has 0 fully saturated rings. The van der Waals surface area contributed by atoms with Crippen molar-refractivity contribution >= 4 is 11.8 Å². The predicted molar refractivity (Wildman–Crippen MR) is 68.6 cm³/mol. The Hall–Kier alpha value is -2.72. The van der Waals surface area contributed by atoms with Crippen molar-refractivity contribution in [3.8, 4) is 5.82 Å². The monoisotopic (exact) mass is 259 g/mol. The van der Waals surface area contributed by atoms with Crippen molar-refractivity contribution < 1.29 is 9.59 Å². The van der Waals surface area contributed by atoms with Crippen molar-refractivity contribution in [3.63, 3.8) is 0 Å². The molecular weight excluding hydrogens is 246 g/mol. The topological polar surface area (TPSA) is 95.0 Å². The molecule has 2 rings (SSSR count). The molecule has 2 heterocycles. The Bertz CT molecular complexity index is 626. The van der Waals surface area contributed by atoms with Gasteiger partial charge in [-0.05, 0) is 30.2 Å². The van der Waals surface area contributed by atoms with Crippen LogP contribution in [0.1, 0.15) is 12.5 Å². The number of carbonyl (C=O) groups excluding carboxylic acids is 2. The Morgan fingerprint density at radius 2 is 2.00 bits per heavy atom. The third-order valence-corrected chi connectivity index (χ3v) is 2.44. The first kappa shape index (κ1) is 14.3. The van der Waals surface area contributed by atoms with E-state index in [1.54, 1.807) is 24.5 Å². The van der Waals surface area contributed by atoms with Crippen LogP contribution in [-0.2, 0) is 16.0 Å². The minimum absolute atomic E-state index is 0.226. The van der Waals surface area contributed by atoms with Gasteiger partial charge in [-0.2, -0.15) is 9.59 Å². The van der Waals surface area contributed by atoms with Gasteiger partial charge in [-0.15, -0.1) is 0 Å². The van der Waals surface area contributed by atoms with Crippen molar-refractivity contribution in [2.24, 2.45) is 0 Å². The van der Waals surface area contributed by atoms with Gasteiger partial charge in [0.2, 0.25) is 0 Å². The quantitative estimate of drug-likeness (QED) is 0.860. The maximum Gasteiger partial charge on any atom is 0.373 e. The summed E-state index contributed by atoms with van der Waals surface area (Å²) in [4.78, 5) is 32.2. The van der Waals surface area contributed by atoms with E-state index in [4.69, 9.17) is 15.3 Å². The number of rotatable bonds is 2. The Balaban J connectivity index is 0.000000550. The molecule has 0 amide bonds. The van der Waals surface area contributed by atoms with Crippen molar-refractivity contribution in [1.82, 2.24) is 9.55 Å². The minimum Gasteiger partial charge on any atom is -0.394 e. The number of hydrogen-bond donors (Lipinski definition) is 1. The van der Waals surface area contributed by atoms with Crippen LogP contribution in [0.5, 0.6) is 0 Å². The van der Waals surface area contributed by atoms with Gasteiger partial charge in [0.1, 0.15) is 5.82 Å². The lowest BCUT2D eigenvalue weighted by molar-refractivity contribution is -0.191. The summed E-state index contributed by atoms with van der Waals surface area (Å²) in [6.07, 6.45) is 4.61. The number of pyridine rings is 2. The molecule has 0 atom stereocenters. The fourth-order valence-corrected chi connectivity index (χ4v) is 1.46. The molecular formula is C13H13N3O3. The van der Waals surface area contributed by atoms with Gasteiger partial charge < -0.3 is 5.73 Å². The Morgan fingerprint density at radius 1 is 1.32 bits per heavy atom. The maximum atomic E-state index is 11.7. The summed E-state index contributed by atoms with van der Waals surface area (Å²) in [5.74, 6) is 0.592. The van der Waals surface area contributed by atoms with E-state index in [0.717, 1.165) is 12.0 Å². The summed E-state index contributed by atoms with van der Waals surface area (Å²) < 4.78 is 1.44. The normalized spacial score (nSPS) is 9.11. The fraction of sp³-hybridized carbons (Fsp3) is 0.154. The number of anilines is 1. The summed E-state index contributed by atoms with van der Waals surface area (Å²) in [7, 11) is 0. The second-order valence-electron chi connectivity index (χ2n) is 3.60. The van der Waals surface area contributed by atoms with E-state index in [1.807, 2.05) is 12.1 Å². The predicted octanol–water partition coefficient (Wildman–Crippen LogP) is 0.794. The van der Waals surface area contributed by atoms with Crippen LogP contribution >= 0.6 is 0 Å². The van der Waals surface area contributed by atoms with E-state index in [2.05, 4.69) is 11.9 Å². The van der Waals surface area contributed by atoms with Gasteiger partial charge in [0, 0.05) is 12.4 Å². The van der Waals surface area contributed by atoms with Crippen LogP contribution in [0.4, 0.5) is 5.69 Å². The highest BCUT2D eigenvalue weighted by atomic mass is 16.2. The first-order valence-electron chi connectivity index (χ1n) is 5.55. The average molecular weight is 259 g/mol. The largest absolute Gasteiger partial charge is 0.394 e. The SMILES string of the molecule is CCc1ccc(-n2cccc(N)c2=O)nc1.O=C=O. The van der Waals surface area contributed by atoms with Crippen LogP contribution in [0.15, 0.2) is 41.5 Å². The molecule has 0 spiro atoms. The molecule has 6 nitrogen and oxygen atoms in total. The lowest BCUT2D eigenvalue weighted by atomic mass is 10.2. The van der Waals surface area contributed by atoms with Crippen LogP contribution in [0.25, 0.3) is 5.82 Å². The number of hydrogen-bond acceptors (Lipinski definition) is 5. The minimum atomic E-state index is -0.237. The Labute approximate surface area is 109 Å². The smallest absolute Gasteiger partial charge is 0.373 e. The third-order valence-electron chi connectivity index (χ3n) is 2.44. The number of aryl methyl sites for hydroxylation is 1. The molecule has 0 aliphatic rings. The molecule has 0 aromatic carbocycles. The van der Waals surface area contributed by atoms with E-state index in [1.165, 1.54) is 4.57 Å². The molecule has 2 aromatic rings. The zero-order valence-corrected chi connectivity index (χ0v) is 10.4. The Kier molecular flexibility index (Phi) is 5.19. The van der Waals surface area contributed by atoms with E-state index >= 15 is 0 Å². The number of nitrogens with two attached hydrogens (primary N) is 1. The molecule has 6 heteroatoms. The molecule has 98 valence electrons. The van der Waals surface area contributed by atoms with Gasteiger partial charge >= 0.3 is 6.15 Å². The first-order chi connectivity index (χ1) is 9.13. The molecule has 0 saturated heterocycles. The standard InChI is InChI=1S/C12H13N3O.CO2/c1-2-9-5-6-11(14-8-9)15-7-3-4-10(13)12(15)16;2-1-3/h3-8H,2,13H2,1H3;. The molecule has 0 bridgehead atoms. The lowest BCUT2D eigenvalue weighted by Gasteiger charge is -2.05. The van der Waals surface area contributed by atoms with Gasteiger partial charge in [-0.3, -0.25) is 9.36 Å². The van der Waals surface area contributed by atoms with Crippen molar-refractivity contribution in [2.75, 3.05) is 5.73 Å². The average Bonchev–Trinajstić information content (AvgIpc) is 2.43.